The molecule has 0 saturated carbocycles. The molecule has 0 aliphatic carbocycles. The fourth-order valence-corrected chi connectivity index (χ4v) is 6.48. The van der Waals surface area contributed by atoms with Gasteiger partial charge in [-0.05, 0) is 114 Å². The van der Waals surface area contributed by atoms with E-state index in [0.717, 1.165) is 65.8 Å². The van der Waals surface area contributed by atoms with Crippen LogP contribution in [0.3, 0.4) is 0 Å². The van der Waals surface area contributed by atoms with E-state index in [1.54, 1.807) is 17.2 Å². The van der Waals surface area contributed by atoms with E-state index in [9.17, 15) is 9.59 Å². The van der Waals surface area contributed by atoms with E-state index in [0.29, 0.717) is 24.3 Å². The van der Waals surface area contributed by atoms with Crippen molar-refractivity contribution in [2.75, 3.05) is 36.4 Å². The molecular weight excluding hydrogens is 606 g/mol. The van der Waals surface area contributed by atoms with E-state index in [2.05, 4.69) is 98.1 Å². The summed E-state index contributed by atoms with van der Waals surface area (Å²) < 4.78 is 0. The molecule has 2 heterocycles. The number of urea groups is 1. The van der Waals surface area contributed by atoms with E-state index < -0.39 is 0 Å². The van der Waals surface area contributed by atoms with Gasteiger partial charge in [0, 0.05) is 23.8 Å². The zero-order valence-electron chi connectivity index (χ0n) is 29.9. The summed E-state index contributed by atoms with van der Waals surface area (Å²) in [6.07, 6.45) is 4.40. The average Bonchev–Trinajstić information content (AvgIpc) is 3.10. The lowest BCUT2D eigenvalue weighted by Crippen LogP contribution is -2.40. The van der Waals surface area contributed by atoms with Gasteiger partial charge in [0.15, 0.2) is 0 Å². The molecule has 2 amide bonds. The molecule has 2 aromatic heterocycles. The van der Waals surface area contributed by atoms with Crippen LogP contribution in [0.25, 0.3) is 22.2 Å². The second-order valence-corrected chi connectivity index (χ2v) is 13.4. The molecule has 0 saturated heterocycles. The SMILES string of the molecule is CCN(CC)CCCc1cccc(-c2cc(C(C)C)c(NC(=O)N(CCc3ccccc3)c3cc4cccnc4[nH]c3=O)c(C(C)C)c2)c1. The number of aromatic nitrogens is 2. The topological polar surface area (TPSA) is 81.3 Å². The number of nitrogens with zero attached hydrogens (tertiary/aromatic N) is 3. The Labute approximate surface area is 291 Å². The minimum atomic E-state index is -0.352. The number of aryl methyl sites for hydroxylation is 1. The summed E-state index contributed by atoms with van der Waals surface area (Å²) in [7, 11) is 0. The Morgan fingerprint density at radius 2 is 1.47 bits per heavy atom. The van der Waals surface area contributed by atoms with Crippen molar-refractivity contribution in [1.29, 1.82) is 0 Å². The van der Waals surface area contributed by atoms with Crippen LogP contribution in [0.4, 0.5) is 16.2 Å². The molecule has 7 heteroatoms. The number of rotatable bonds is 14. The van der Waals surface area contributed by atoms with Crippen molar-refractivity contribution in [1.82, 2.24) is 14.9 Å². The first kappa shape index (κ1) is 35.6. The average molecular weight is 658 g/mol. The molecule has 0 radical (unpaired) electrons. The van der Waals surface area contributed by atoms with Crippen LogP contribution < -0.4 is 15.8 Å². The van der Waals surface area contributed by atoms with E-state index in [-0.39, 0.29) is 23.4 Å². The van der Waals surface area contributed by atoms with Gasteiger partial charge in [0.1, 0.15) is 11.3 Å². The first-order valence-corrected chi connectivity index (χ1v) is 17.8. The van der Waals surface area contributed by atoms with Gasteiger partial charge < -0.3 is 15.2 Å². The zero-order chi connectivity index (χ0) is 34.9. The van der Waals surface area contributed by atoms with E-state index >= 15 is 0 Å². The highest BCUT2D eigenvalue weighted by molar-refractivity contribution is 6.03. The van der Waals surface area contributed by atoms with Gasteiger partial charge in [0.05, 0.1) is 0 Å². The van der Waals surface area contributed by atoms with Crippen molar-refractivity contribution < 1.29 is 4.79 Å². The van der Waals surface area contributed by atoms with Crippen LogP contribution in [0, 0.1) is 0 Å². The van der Waals surface area contributed by atoms with Gasteiger partial charge in [-0.15, -0.1) is 0 Å². The number of amides is 2. The summed E-state index contributed by atoms with van der Waals surface area (Å²) in [6.45, 7) is 16.7. The summed E-state index contributed by atoms with van der Waals surface area (Å²) in [5.41, 5.74) is 8.15. The predicted molar refractivity (Wildman–Crippen MR) is 205 cm³/mol. The van der Waals surface area contributed by atoms with Gasteiger partial charge in [0.25, 0.3) is 5.56 Å². The Hall–Kier alpha value is -4.75. The van der Waals surface area contributed by atoms with Crippen molar-refractivity contribution in [3.63, 3.8) is 0 Å². The van der Waals surface area contributed by atoms with Gasteiger partial charge in [-0.1, -0.05) is 96.1 Å². The van der Waals surface area contributed by atoms with Crippen molar-refractivity contribution >= 4 is 28.4 Å². The van der Waals surface area contributed by atoms with Gasteiger partial charge >= 0.3 is 6.03 Å². The normalized spacial score (nSPS) is 11.5. The number of carbonyl (C=O) groups is 1. The smallest absolute Gasteiger partial charge is 0.307 e. The van der Waals surface area contributed by atoms with Crippen molar-refractivity contribution in [3.8, 4) is 11.1 Å². The number of anilines is 2. The molecule has 5 aromatic rings. The van der Waals surface area contributed by atoms with Crippen LogP contribution in [0.5, 0.6) is 0 Å². The van der Waals surface area contributed by atoms with Gasteiger partial charge in [-0.25, -0.2) is 9.78 Å². The molecule has 0 aliphatic heterocycles. The number of hydrogen-bond acceptors (Lipinski definition) is 4. The van der Waals surface area contributed by atoms with Crippen molar-refractivity contribution in [2.24, 2.45) is 0 Å². The van der Waals surface area contributed by atoms with Gasteiger partial charge in [-0.3, -0.25) is 9.69 Å². The van der Waals surface area contributed by atoms with E-state index in [4.69, 9.17) is 0 Å². The van der Waals surface area contributed by atoms with Crippen LogP contribution in [0.1, 0.15) is 82.1 Å². The molecule has 7 nitrogen and oxygen atoms in total. The molecule has 2 N–H and O–H groups in total. The minimum Gasteiger partial charge on any atom is -0.307 e. The van der Waals surface area contributed by atoms with E-state index in [1.165, 1.54) is 11.1 Å². The summed E-state index contributed by atoms with van der Waals surface area (Å²) >= 11 is 0. The van der Waals surface area contributed by atoms with Crippen molar-refractivity contribution in [2.45, 2.75) is 72.6 Å². The van der Waals surface area contributed by atoms with E-state index in [1.807, 2.05) is 42.5 Å². The third-order valence-corrected chi connectivity index (χ3v) is 9.37. The summed E-state index contributed by atoms with van der Waals surface area (Å²) in [5, 5.41) is 4.07. The second-order valence-electron chi connectivity index (χ2n) is 13.4. The van der Waals surface area contributed by atoms with Crippen LogP contribution >= 0.6 is 0 Å². The monoisotopic (exact) mass is 657 g/mol. The number of carbonyl (C=O) groups excluding carboxylic acids is 1. The Bertz CT molecular complexity index is 1880. The molecule has 5 rings (SSSR count). The molecule has 49 heavy (non-hydrogen) atoms. The fourth-order valence-electron chi connectivity index (χ4n) is 6.48. The number of nitrogens with one attached hydrogen (secondary N) is 2. The largest absolute Gasteiger partial charge is 0.326 e. The number of benzene rings is 3. The Morgan fingerprint density at radius 1 is 0.776 bits per heavy atom. The second kappa shape index (κ2) is 16.6. The third kappa shape index (κ3) is 8.84. The summed E-state index contributed by atoms with van der Waals surface area (Å²) in [4.78, 5) is 39.1. The standard InChI is InChI=1S/C42H51N5O2/c1-7-46(8-2)23-14-18-32-17-12-19-33(25-32)35-26-36(29(3)4)39(37(27-35)30(5)6)44-42(49)47(24-21-31-15-10-9-11-16-31)38-28-34-20-13-22-43-40(34)45-41(38)48/h9-13,15-17,19-20,22,25-30H,7-8,14,18,21,23-24H2,1-6H3,(H,44,49)(H,43,45,48). The maximum absolute atomic E-state index is 14.4. The molecular formula is C42H51N5O2. The predicted octanol–water partition coefficient (Wildman–Crippen LogP) is 9.39. The lowest BCUT2D eigenvalue weighted by molar-refractivity contribution is 0.257. The zero-order valence-corrected chi connectivity index (χ0v) is 29.9. The molecule has 0 spiro atoms. The Morgan fingerprint density at radius 3 is 2.14 bits per heavy atom. The number of fused-ring (bicyclic) bond motifs is 1. The molecule has 0 bridgehead atoms. The quantitative estimate of drug-likeness (QED) is 0.125. The minimum absolute atomic E-state index is 0.151. The highest BCUT2D eigenvalue weighted by atomic mass is 16.2. The fraction of sp³-hybridized carbons (Fsp3) is 0.357. The van der Waals surface area contributed by atoms with Crippen LogP contribution in [0.2, 0.25) is 0 Å². The van der Waals surface area contributed by atoms with Crippen LogP contribution in [-0.2, 0) is 12.8 Å². The Kier molecular flexibility index (Phi) is 12.0. The molecule has 256 valence electrons. The Balaban J connectivity index is 1.50. The third-order valence-electron chi connectivity index (χ3n) is 9.37. The molecule has 0 unspecified atom stereocenters. The van der Waals surface area contributed by atoms with Crippen LogP contribution in [-0.4, -0.2) is 47.1 Å². The summed E-state index contributed by atoms with van der Waals surface area (Å²) in [6, 6.07) is 28.5. The highest BCUT2D eigenvalue weighted by Gasteiger charge is 2.24. The number of pyridine rings is 2. The highest BCUT2D eigenvalue weighted by Crippen LogP contribution is 2.38. The number of aromatic amines is 1. The maximum Gasteiger partial charge on any atom is 0.326 e. The molecule has 0 fully saturated rings. The molecule has 0 atom stereocenters. The maximum atomic E-state index is 14.4. The summed E-state index contributed by atoms with van der Waals surface area (Å²) in [5.74, 6) is 0.302. The molecule has 3 aromatic carbocycles. The lowest BCUT2D eigenvalue weighted by atomic mass is 9.88. The first-order valence-electron chi connectivity index (χ1n) is 17.8. The number of H-pyrrole nitrogens is 1. The molecule has 0 aliphatic rings. The van der Waals surface area contributed by atoms with Gasteiger partial charge in [0.2, 0.25) is 0 Å². The van der Waals surface area contributed by atoms with Crippen LogP contribution in [0.15, 0.2) is 95.9 Å². The van der Waals surface area contributed by atoms with Gasteiger partial charge in [-0.2, -0.15) is 0 Å². The lowest BCUT2D eigenvalue weighted by Gasteiger charge is -2.27. The first-order chi connectivity index (χ1) is 23.7. The van der Waals surface area contributed by atoms with Crippen molar-refractivity contribution in [3.05, 3.63) is 124 Å². The number of hydrogen-bond donors (Lipinski definition) is 2.